The molecule has 138 valence electrons. The van der Waals surface area contributed by atoms with Crippen LogP contribution in [0.2, 0.25) is 0 Å². The fraction of sp³-hybridized carbons (Fsp3) is 0.529. The number of aromatic hydroxyl groups is 1. The van der Waals surface area contributed by atoms with Crippen molar-refractivity contribution in [2.24, 2.45) is 0 Å². The first-order valence-corrected chi connectivity index (χ1v) is 7.71. The molecule has 1 saturated heterocycles. The van der Waals surface area contributed by atoms with E-state index in [-0.39, 0.29) is 36.6 Å². The molecule has 0 aliphatic carbocycles. The Hall–Kier alpha value is -1.14. The maximum absolute atomic E-state index is 10.1. The van der Waals surface area contributed by atoms with Gasteiger partial charge in [-0.15, -0.1) is 31.4 Å². The van der Waals surface area contributed by atoms with E-state index < -0.39 is 0 Å². The van der Waals surface area contributed by atoms with Crippen molar-refractivity contribution in [1.29, 1.82) is 0 Å². The van der Waals surface area contributed by atoms with E-state index in [2.05, 4.69) is 16.8 Å². The molecule has 1 heterocycles. The van der Waals surface area contributed by atoms with Gasteiger partial charge in [0.15, 0.2) is 11.5 Å². The Balaban J connectivity index is 0.00000264. The van der Waals surface area contributed by atoms with Crippen molar-refractivity contribution in [1.82, 2.24) is 10.2 Å². The maximum atomic E-state index is 10.1. The summed E-state index contributed by atoms with van der Waals surface area (Å²) in [7, 11) is 3.11. The van der Waals surface area contributed by atoms with Gasteiger partial charge in [0, 0.05) is 32.2 Å². The van der Waals surface area contributed by atoms with Gasteiger partial charge in [0.05, 0.1) is 14.2 Å². The molecule has 0 bridgehead atoms. The third-order valence-corrected chi connectivity index (χ3v) is 4.12. The minimum atomic E-state index is 0. The van der Waals surface area contributed by atoms with E-state index in [9.17, 15) is 5.11 Å². The smallest absolute Gasteiger partial charge is 0.200 e. The monoisotopic (exact) mass is 378 g/mol. The molecule has 0 aromatic heterocycles. The number of rotatable bonds is 7. The minimum absolute atomic E-state index is 0. The molecule has 1 aliphatic rings. The summed E-state index contributed by atoms with van der Waals surface area (Å²) >= 11 is 0. The highest BCUT2D eigenvalue weighted by atomic mass is 35.5. The van der Waals surface area contributed by atoms with E-state index in [0.29, 0.717) is 11.5 Å². The molecule has 5 nitrogen and oxygen atoms in total. The number of ether oxygens (including phenoxy) is 2. The number of hydrogen-bond acceptors (Lipinski definition) is 5. The Bertz CT molecular complexity index is 484. The molecule has 2 rings (SSSR count). The van der Waals surface area contributed by atoms with Crippen LogP contribution in [0.25, 0.3) is 0 Å². The zero-order chi connectivity index (χ0) is 15.9. The van der Waals surface area contributed by atoms with Crippen LogP contribution < -0.4 is 14.8 Å². The van der Waals surface area contributed by atoms with Crippen LogP contribution >= 0.6 is 24.8 Å². The molecule has 0 unspecified atom stereocenters. The second kappa shape index (κ2) is 11.4. The Morgan fingerprint density at radius 2 is 1.75 bits per heavy atom. The van der Waals surface area contributed by atoms with Gasteiger partial charge in [0.1, 0.15) is 0 Å². The Kier molecular flexibility index (Phi) is 10.9. The van der Waals surface area contributed by atoms with Gasteiger partial charge < -0.3 is 19.9 Å². The van der Waals surface area contributed by atoms with Gasteiger partial charge in [-0.25, -0.2) is 0 Å². The lowest BCUT2D eigenvalue weighted by Crippen LogP contribution is -2.45. The average Bonchev–Trinajstić information content (AvgIpc) is 2.57. The summed E-state index contributed by atoms with van der Waals surface area (Å²) < 4.78 is 10.6. The minimum Gasteiger partial charge on any atom is -0.502 e. The van der Waals surface area contributed by atoms with Crippen LogP contribution in [-0.2, 0) is 0 Å². The molecule has 24 heavy (non-hydrogen) atoms. The van der Waals surface area contributed by atoms with Crippen LogP contribution in [0.1, 0.15) is 24.4 Å². The molecule has 1 aromatic carbocycles. The van der Waals surface area contributed by atoms with Crippen molar-refractivity contribution in [3.63, 3.8) is 0 Å². The van der Waals surface area contributed by atoms with Gasteiger partial charge in [0.2, 0.25) is 5.75 Å². The predicted molar refractivity (Wildman–Crippen MR) is 102 cm³/mol. The second-order valence-electron chi connectivity index (χ2n) is 5.44. The van der Waals surface area contributed by atoms with E-state index in [1.54, 1.807) is 14.2 Å². The van der Waals surface area contributed by atoms with Gasteiger partial charge in [-0.1, -0.05) is 6.08 Å². The summed E-state index contributed by atoms with van der Waals surface area (Å²) in [6, 6.07) is 4.09. The van der Waals surface area contributed by atoms with Gasteiger partial charge in [-0.3, -0.25) is 4.90 Å². The predicted octanol–water partition coefficient (Wildman–Crippen LogP) is 3.17. The molecule has 1 aromatic rings. The Labute approximate surface area is 156 Å². The SMILES string of the molecule is C=CCC[C@@H](c1cc(OC)c(O)c(OC)c1)N1CCNCC1.Cl.Cl. The van der Waals surface area contributed by atoms with Crippen LogP contribution in [0.4, 0.5) is 0 Å². The summed E-state index contributed by atoms with van der Waals surface area (Å²) in [5.74, 6) is 0.956. The molecule has 7 heteroatoms. The summed E-state index contributed by atoms with van der Waals surface area (Å²) in [6.45, 7) is 7.84. The van der Waals surface area contributed by atoms with Gasteiger partial charge in [-0.2, -0.15) is 0 Å². The highest BCUT2D eigenvalue weighted by molar-refractivity contribution is 5.85. The van der Waals surface area contributed by atoms with Crippen molar-refractivity contribution in [2.45, 2.75) is 18.9 Å². The van der Waals surface area contributed by atoms with Crippen molar-refractivity contribution >= 4 is 24.8 Å². The number of nitrogens with zero attached hydrogens (tertiary/aromatic N) is 1. The summed E-state index contributed by atoms with van der Waals surface area (Å²) in [5.41, 5.74) is 1.11. The quantitative estimate of drug-likeness (QED) is 0.713. The van der Waals surface area contributed by atoms with Gasteiger partial charge in [0.25, 0.3) is 0 Å². The zero-order valence-electron chi connectivity index (χ0n) is 14.3. The summed E-state index contributed by atoms with van der Waals surface area (Å²) in [6.07, 6.45) is 3.88. The summed E-state index contributed by atoms with van der Waals surface area (Å²) in [5, 5.41) is 13.5. The molecular weight excluding hydrogens is 351 g/mol. The fourth-order valence-corrected chi connectivity index (χ4v) is 2.94. The van der Waals surface area contributed by atoms with Crippen LogP contribution in [0.15, 0.2) is 24.8 Å². The molecule has 0 amide bonds. The van der Waals surface area contributed by atoms with E-state index in [0.717, 1.165) is 44.6 Å². The molecule has 1 atom stereocenters. The second-order valence-corrected chi connectivity index (χ2v) is 5.44. The number of phenolic OH excluding ortho intramolecular Hbond substituents is 1. The third-order valence-electron chi connectivity index (χ3n) is 4.12. The van der Waals surface area contributed by atoms with E-state index in [4.69, 9.17) is 9.47 Å². The van der Waals surface area contributed by atoms with Crippen molar-refractivity contribution in [2.75, 3.05) is 40.4 Å². The first kappa shape index (κ1) is 22.9. The molecule has 0 radical (unpaired) electrons. The lowest BCUT2D eigenvalue weighted by molar-refractivity contribution is 0.165. The Morgan fingerprint density at radius 3 is 2.21 bits per heavy atom. The molecule has 1 aliphatic heterocycles. The first-order valence-electron chi connectivity index (χ1n) is 7.71. The number of nitrogens with one attached hydrogen (secondary N) is 1. The lowest BCUT2D eigenvalue weighted by atomic mass is 9.98. The molecule has 0 spiro atoms. The first-order chi connectivity index (χ1) is 10.7. The molecule has 2 N–H and O–H groups in total. The van der Waals surface area contributed by atoms with E-state index in [1.807, 2.05) is 18.2 Å². The van der Waals surface area contributed by atoms with Crippen LogP contribution in [0, 0.1) is 0 Å². The van der Waals surface area contributed by atoms with Gasteiger partial charge >= 0.3 is 0 Å². The van der Waals surface area contributed by atoms with Crippen molar-refractivity contribution in [3.05, 3.63) is 30.4 Å². The van der Waals surface area contributed by atoms with Gasteiger partial charge in [-0.05, 0) is 30.5 Å². The van der Waals surface area contributed by atoms with Crippen LogP contribution in [-0.4, -0.2) is 50.4 Å². The normalized spacial score (nSPS) is 15.6. The number of allylic oxidation sites excluding steroid dienone is 1. The van der Waals surface area contributed by atoms with Crippen LogP contribution in [0.5, 0.6) is 17.2 Å². The standard InChI is InChI=1S/C17H26N2O3.2ClH/c1-4-5-6-14(19-9-7-18-8-10-19)13-11-15(21-2)17(20)16(12-13)22-3;;/h4,11-12,14,18,20H,1,5-10H2,2-3H3;2*1H/t14-;;/m0../s1. The number of phenols is 1. The number of methoxy groups -OCH3 is 2. The highest BCUT2D eigenvalue weighted by Gasteiger charge is 2.24. The maximum Gasteiger partial charge on any atom is 0.200 e. The van der Waals surface area contributed by atoms with E-state index in [1.165, 1.54) is 0 Å². The molecule has 1 fully saturated rings. The van der Waals surface area contributed by atoms with Crippen molar-refractivity contribution in [3.8, 4) is 17.2 Å². The number of hydrogen-bond donors (Lipinski definition) is 2. The average molecular weight is 379 g/mol. The number of benzene rings is 1. The topological polar surface area (TPSA) is 54.0 Å². The fourth-order valence-electron chi connectivity index (χ4n) is 2.94. The number of piperazine rings is 1. The molecular formula is C17H28Cl2N2O3. The third kappa shape index (κ3) is 5.45. The lowest BCUT2D eigenvalue weighted by Gasteiger charge is -2.35. The molecule has 0 saturated carbocycles. The number of halogens is 2. The largest absolute Gasteiger partial charge is 0.502 e. The summed E-state index contributed by atoms with van der Waals surface area (Å²) in [4.78, 5) is 2.46. The van der Waals surface area contributed by atoms with E-state index >= 15 is 0 Å². The van der Waals surface area contributed by atoms with Crippen LogP contribution in [0.3, 0.4) is 0 Å². The van der Waals surface area contributed by atoms with Crippen molar-refractivity contribution < 1.29 is 14.6 Å². The Morgan fingerprint density at radius 1 is 1.21 bits per heavy atom. The zero-order valence-corrected chi connectivity index (χ0v) is 15.9. The highest BCUT2D eigenvalue weighted by Crippen LogP contribution is 2.40.